The summed E-state index contributed by atoms with van der Waals surface area (Å²) < 4.78 is 23.1. The molecule has 0 bridgehead atoms. The van der Waals surface area contributed by atoms with Gasteiger partial charge in [-0.05, 0) is 31.2 Å². The molecule has 1 unspecified atom stereocenters. The zero-order valence-corrected chi connectivity index (χ0v) is 8.66. The van der Waals surface area contributed by atoms with Crippen LogP contribution in [0, 0.1) is 0 Å². The predicted octanol–water partition coefficient (Wildman–Crippen LogP) is 0.423. The summed E-state index contributed by atoms with van der Waals surface area (Å²) >= 11 is 0. The molecule has 0 spiro atoms. The minimum atomic E-state index is -3.38. The number of nitrogen functional groups attached to an aromatic ring is 1. The Morgan fingerprint density at radius 3 is 2.29 bits per heavy atom. The van der Waals surface area contributed by atoms with Gasteiger partial charge >= 0.3 is 0 Å². The van der Waals surface area contributed by atoms with E-state index in [1.54, 1.807) is 0 Å². The number of rotatable bonds is 3. The number of nitrogens with two attached hydrogens (primary N) is 1. The van der Waals surface area contributed by atoms with E-state index in [1.807, 2.05) is 0 Å². The van der Waals surface area contributed by atoms with Crippen LogP contribution in [-0.4, -0.2) is 25.4 Å². The maximum Gasteiger partial charge on any atom is 0.180 e. The van der Waals surface area contributed by atoms with Crippen molar-refractivity contribution in [2.75, 3.05) is 11.5 Å². The van der Waals surface area contributed by atoms with Gasteiger partial charge in [0.25, 0.3) is 0 Å². The highest BCUT2D eigenvalue weighted by Gasteiger charge is 2.16. The molecule has 0 fully saturated rings. The third-order valence-electron chi connectivity index (χ3n) is 1.70. The summed E-state index contributed by atoms with van der Waals surface area (Å²) in [6.07, 6.45) is -0.863. The van der Waals surface area contributed by atoms with Gasteiger partial charge < -0.3 is 10.8 Å². The van der Waals surface area contributed by atoms with Gasteiger partial charge in [-0.15, -0.1) is 0 Å². The van der Waals surface area contributed by atoms with Crippen LogP contribution in [0.1, 0.15) is 6.92 Å². The maximum atomic E-state index is 11.6. The Kier molecular flexibility index (Phi) is 3.13. The van der Waals surface area contributed by atoms with Crippen LogP contribution in [0.2, 0.25) is 0 Å². The summed E-state index contributed by atoms with van der Waals surface area (Å²) in [5, 5.41) is 9.00. The molecule has 14 heavy (non-hydrogen) atoms. The number of hydrogen-bond donors (Lipinski definition) is 2. The van der Waals surface area contributed by atoms with Crippen LogP contribution < -0.4 is 5.73 Å². The third-order valence-corrected chi connectivity index (χ3v) is 3.61. The highest BCUT2D eigenvalue weighted by atomic mass is 32.2. The van der Waals surface area contributed by atoms with Crippen LogP contribution in [0.3, 0.4) is 0 Å². The molecule has 0 radical (unpaired) electrons. The number of aliphatic hydroxyl groups excluding tert-OH is 1. The van der Waals surface area contributed by atoms with E-state index in [4.69, 9.17) is 10.8 Å². The van der Waals surface area contributed by atoms with Crippen molar-refractivity contribution in [1.29, 1.82) is 0 Å². The number of anilines is 1. The van der Waals surface area contributed by atoms with E-state index in [-0.39, 0.29) is 10.6 Å². The normalized spacial score (nSPS) is 13.9. The molecular weight excluding hydrogens is 202 g/mol. The highest BCUT2D eigenvalue weighted by Crippen LogP contribution is 2.13. The Balaban J connectivity index is 2.99. The first-order valence-electron chi connectivity index (χ1n) is 4.18. The van der Waals surface area contributed by atoms with Gasteiger partial charge in [0.2, 0.25) is 0 Å². The molecule has 5 heteroatoms. The predicted molar refractivity (Wildman–Crippen MR) is 54.6 cm³/mol. The van der Waals surface area contributed by atoms with Gasteiger partial charge in [0, 0.05) is 5.69 Å². The Morgan fingerprint density at radius 2 is 1.86 bits per heavy atom. The molecule has 0 aromatic heterocycles. The highest BCUT2D eigenvalue weighted by molar-refractivity contribution is 7.91. The van der Waals surface area contributed by atoms with Crippen LogP contribution in [0.4, 0.5) is 5.69 Å². The minimum Gasteiger partial charge on any atom is -0.399 e. The summed E-state index contributed by atoms with van der Waals surface area (Å²) in [7, 11) is -3.38. The summed E-state index contributed by atoms with van der Waals surface area (Å²) in [4.78, 5) is 0.188. The molecule has 4 nitrogen and oxygen atoms in total. The second-order valence-electron chi connectivity index (χ2n) is 3.20. The number of aliphatic hydroxyl groups is 1. The third kappa shape index (κ3) is 2.71. The molecular formula is C9H13NO3S. The first kappa shape index (κ1) is 11.0. The Bertz CT molecular complexity index is 395. The fourth-order valence-electron chi connectivity index (χ4n) is 1.09. The smallest absolute Gasteiger partial charge is 0.180 e. The van der Waals surface area contributed by atoms with Crippen molar-refractivity contribution in [3.63, 3.8) is 0 Å². The molecule has 0 aliphatic rings. The minimum absolute atomic E-state index is 0.188. The number of hydrogen-bond acceptors (Lipinski definition) is 4. The van der Waals surface area contributed by atoms with E-state index in [0.29, 0.717) is 5.69 Å². The van der Waals surface area contributed by atoms with Crippen LogP contribution in [0.15, 0.2) is 29.2 Å². The quantitative estimate of drug-likeness (QED) is 0.716. The molecule has 0 saturated heterocycles. The van der Waals surface area contributed by atoms with Crippen molar-refractivity contribution in [2.45, 2.75) is 17.9 Å². The standard InChI is InChI=1S/C9H13NO3S/c1-7(11)6-14(12,13)9-4-2-8(10)3-5-9/h2-5,7,11H,6,10H2,1H3. The van der Waals surface area contributed by atoms with Gasteiger partial charge in [-0.2, -0.15) is 0 Å². The maximum absolute atomic E-state index is 11.6. The average molecular weight is 215 g/mol. The lowest BCUT2D eigenvalue weighted by Gasteiger charge is -2.06. The largest absolute Gasteiger partial charge is 0.399 e. The molecule has 78 valence electrons. The van der Waals surface area contributed by atoms with Crippen molar-refractivity contribution in [1.82, 2.24) is 0 Å². The van der Waals surface area contributed by atoms with E-state index in [9.17, 15) is 8.42 Å². The molecule has 3 N–H and O–H groups in total. The number of benzene rings is 1. The van der Waals surface area contributed by atoms with Gasteiger partial charge in [0.05, 0.1) is 16.8 Å². The van der Waals surface area contributed by atoms with Crippen molar-refractivity contribution in [3.8, 4) is 0 Å². The lowest BCUT2D eigenvalue weighted by molar-refractivity contribution is 0.218. The number of sulfone groups is 1. The van der Waals surface area contributed by atoms with Gasteiger partial charge in [-0.1, -0.05) is 0 Å². The van der Waals surface area contributed by atoms with Crippen LogP contribution >= 0.6 is 0 Å². The van der Waals surface area contributed by atoms with Crippen molar-refractivity contribution in [3.05, 3.63) is 24.3 Å². The van der Waals surface area contributed by atoms with Gasteiger partial charge in [-0.3, -0.25) is 0 Å². The first-order chi connectivity index (χ1) is 6.42. The Hall–Kier alpha value is -1.07. The molecule has 0 heterocycles. The van der Waals surface area contributed by atoms with Crippen LogP contribution in [0.25, 0.3) is 0 Å². The second kappa shape index (κ2) is 3.98. The second-order valence-corrected chi connectivity index (χ2v) is 5.23. The zero-order chi connectivity index (χ0) is 10.8. The molecule has 1 aromatic carbocycles. The SMILES string of the molecule is CC(O)CS(=O)(=O)c1ccc(N)cc1. The van der Waals surface area contributed by atoms with Crippen LogP contribution in [-0.2, 0) is 9.84 Å². The van der Waals surface area contributed by atoms with Crippen LogP contribution in [0.5, 0.6) is 0 Å². The van der Waals surface area contributed by atoms with Gasteiger partial charge in [0.1, 0.15) is 0 Å². The molecule has 1 atom stereocenters. The molecule has 1 rings (SSSR count). The van der Waals surface area contributed by atoms with E-state index in [1.165, 1.54) is 31.2 Å². The molecule has 0 amide bonds. The topological polar surface area (TPSA) is 80.4 Å². The lowest BCUT2D eigenvalue weighted by atomic mass is 10.3. The molecule has 0 saturated carbocycles. The molecule has 1 aromatic rings. The first-order valence-corrected chi connectivity index (χ1v) is 5.83. The summed E-state index contributed by atoms with van der Waals surface area (Å²) in [5.74, 6) is -0.267. The monoisotopic (exact) mass is 215 g/mol. The lowest BCUT2D eigenvalue weighted by Crippen LogP contribution is -2.17. The Morgan fingerprint density at radius 1 is 1.36 bits per heavy atom. The summed E-state index contributed by atoms with van der Waals surface area (Å²) in [6.45, 7) is 1.44. The van der Waals surface area contributed by atoms with E-state index in [2.05, 4.69) is 0 Å². The van der Waals surface area contributed by atoms with Crippen molar-refractivity contribution >= 4 is 15.5 Å². The summed E-state index contributed by atoms with van der Waals surface area (Å²) in [6, 6.07) is 5.92. The summed E-state index contributed by atoms with van der Waals surface area (Å²) in [5.41, 5.74) is 5.94. The Labute approximate surface area is 83.3 Å². The molecule has 0 aliphatic heterocycles. The fourth-order valence-corrected chi connectivity index (χ4v) is 2.47. The van der Waals surface area contributed by atoms with Crippen molar-refractivity contribution < 1.29 is 13.5 Å². The van der Waals surface area contributed by atoms with Gasteiger partial charge in [0.15, 0.2) is 9.84 Å². The molecule has 0 aliphatic carbocycles. The van der Waals surface area contributed by atoms with E-state index < -0.39 is 15.9 Å². The average Bonchev–Trinajstić information content (AvgIpc) is 2.02. The van der Waals surface area contributed by atoms with Crippen molar-refractivity contribution in [2.24, 2.45) is 0 Å². The van der Waals surface area contributed by atoms with Gasteiger partial charge in [-0.25, -0.2) is 8.42 Å². The van der Waals surface area contributed by atoms with E-state index in [0.717, 1.165) is 0 Å². The fraction of sp³-hybridized carbons (Fsp3) is 0.333. The zero-order valence-electron chi connectivity index (χ0n) is 7.84. The van der Waals surface area contributed by atoms with E-state index >= 15 is 0 Å².